The Morgan fingerprint density at radius 2 is 1.86 bits per heavy atom. The second-order valence-electron chi connectivity index (χ2n) is 5.20. The van der Waals surface area contributed by atoms with E-state index in [1.54, 1.807) is 31.3 Å². The first-order chi connectivity index (χ1) is 10.6. The quantitative estimate of drug-likeness (QED) is 0.786. The van der Waals surface area contributed by atoms with Crippen LogP contribution in [0, 0.1) is 5.82 Å². The number of hydrogen-bond acceptors (Lipinski definition) is 2. The molecule has 3 rings (SSSR count). The van der Waals surface area contributed by atoms with Gasteiger partial charge in [-0.15, -0.1) is 0 Å². The molecule has 0 amide bonds. The summed E-state index contributed by atoms with van der Waals surface area (Å²) in [6.07, 6.45) is 1.68. The molecule has 1 atom stereocenters. The first-order valence-corrected chi connectivity index (χ1v) is 6.93. The second kappa shape index (κ2) is 5.56. The Morgan fingerprint density at radius 1 is 1.14 bits per heavy atom. The number of fused-ring (bicyclic) bond motifs is 1. The third kappa shape index (κ3) is 2.55. The van der Waals surface area contributed by atoms with Crippen molar-refractivity contribution in [3.8, 4) is 11.1 Å². The Hall–Kier alpha value is -2.75. The van der Waals surface area contributed by atoms with Gasteiger partial charge < -0.3 is 5.11 Å². The maximum absolute atomic E-state index is 13.5. The van der Waals surface area contributed by atoms with Gasteiger partial charge in [0.2, 0.25) is 0 Å². The van der Waals surface area contributed by atoms with Crippen LogP contribution in [0.4, 0.5) is 4.39 Å². The minimum Gasteiger partial charge on any atom is -0.481 e. The summed E-state index contributed by atoms with van der Waals surface area (Å²) in [6, 6.07) is 13.6. The highest BCUT2D eigenvalue weighted by Crippen LogP contribution is 2.29. The maximum atomic E-state index is 13.5. The van der Waals surface area contributed by atoms with E-state index in [1.165, 1.54) is 12.1 Å². The van der Waals surface area contributed by atoms with Crippen LogP contribution in [0.5, 0.6) is 0 Å². The second-order valence-corrected chi connectivity index (χ2v) is 5.20. The number of halogens is 1. The summed E-state index contributed by atoms with van der Waals surface area (Å²) in [7, 11) is 0. The number of aliphatic carboxylic acids is 1. The van der Waals surface area contributed by atoms with E-state index in [9.17, 15) is 9.18 Å². The van der Waals surface area contributed by atoms with Crippen molar-refractivity contribution in [3.63, 3.8) is 0 Å². The highest BCUT2D eigenvalue weighted by atomic mass is 19.1. The van der Waals surface area contributed by atoms with Crippen LogP contribution in [0.15, 0.2) is 54.7 Å². The van der Waals surface area contributed by atoms with Crippen LogP contribution >= 0.6 is 0 Å². The van der Waals surface area contributed by atoms with Crippen LogP contribution < -0.4 is 0 Å². The van der Waals surface area contributed by atoms with Gasteiger partial charge >= 0.3 is 5.97 Å². The van der Waals surface area contributed by atoms with Crippen molar-refractivity contribution >= 4 is 16.9 Å². The molecule has 0 bridgehead atoms. The van der Waals surface area contributed by atoms with Gasteiger partial charge in [-0.05, 0) is 47.9 Å². The van der Waals surface area contributed by atoms with Crippen molar-refractivity contribution in [1.29, 1.82) is 0 Å². The summed E-state index contributed by atoms with van der Waals surface area (Å²) in [6.45, 7) is 1.65. The first-order valence-electron chi connectivity index (χ1n) is 6.93. The fraction of sp³-hybridized carbons (Fsp3) is 0.111. The molecule has 2 aromatic carbocycles. The molecule has 0 aliphatic carbocycles. The number of pyridine rings is 1. The molecule has 110 valence electrons. The van der Waals surface area contributed by atoms with Crippen LogP contribution in [0.1, 0.15) is 18.4 Å². The van der Waals surface area contributed by atoms with E-state index in [0.717, 1.165) is 27.6 Å². The third-order valence-corrected chi connectivity index (χ3v) is 3.80. The van der Waals surface area contributed by atoms with Crippen molar-refractivity contribution in [1.82, 2.24) is 4.98 Å². The summed E-state index contributed by atoms with van der Waals surface area (Å²) in [4.78, 5) is 15.3. The molecule has 1 unspecified atom stereocenters. The number of rotatable bonds is 3. The van der Waals surface area contributed by atoms with Gasteiger partial charge in [0.15, 0.2) is 0 Å². The minimum absolute atomic E-state index is 0.308. The van der Waals surface area contributed by atoms with E-state index < -0.39 is 11.9 Å². The molecular formula is C18H14FNO2. The number of hydrogen-bond donors (Lipinski definition) is 1. The van der Waals surface area contributed by atoms with E-state index in [0.29, 0.717) is 0 Å². The average Bonchev–Trinajstić information content (AvgIpc) is 2.53. The third-order valence-electron chi connectivity index (χ3n) is 3.80. The predicted octanol–water partition coefficient (Wildman–Crippen LogP) is 4.23. The molecular weight excluding hydrogens is 281 g/mol. The fourth-order valence-corrected chi connectivity index (χ4v) is 2.46. The molecule has 22 heavy (non-hydrogen) atoms. The SMILES string of the molecule is CC(C(=O)O)c1ccc(-c2ccnc3ccc(F)cc23)cc1. The zero-order valence-corrected chi connectivity index (χ0v) is 12.0. The molecule has 4 heteroatoms. The Bertz CT molecular complexity index is 843. The van der Waals surface area contributed by atoms with Gasteiger partial charge in [-0.3, -0.25) is 9.78 Å². The molecule has 1 heterocycles. The zero-order chi connectivity index (χ0) is 15.7. The van der Waals surface area contributed by atoms with Gasteiger partial charge in [-0.1, -0.05) is 24.3 Å². The molecule has 3 aromatic rings. The molecule has 3 nitrogen and oxygen atoms in total. The van der Waals surface area contributed by atoms with Crippen LogP contribution in [-0.2, 0) is 4.79 Å². The van der Waals surface area contributed by atoms with E-state index in [4.69, 9.17) is 5.11 Å². The molecule has 0 saturated carbocycles. The van der Waals surface area contributed by atoms with Gasteiger partial charge in [-0.2, -0.15) is 0 Å². The molecule has 1 aromatic heterocycles. The highest BCUT2D eigenvalue weighted by Gasteiger charge is 2.13. The number of nitrogens with zero attached hydrogens (tertiary/aromatic N) is 1. The van der Waals surface area contributed by atoms with E-state index >= 15 is 0 Å². The lowest BCUT2D eigenvalue weighted by Crippen LogP contribution is -2.06. The normalized spacial score (nSPS) is 12.3. The van der Waals surface area contributed by atoms with Crippen LogP contribution in [0.25, 0.3) is 22.0 Å². The molecule has 0 saturated heterocycles. The van der Waals surface area contributed by atoms with Crippen LogP contribution in [0.3, 0.4) is 0 Å². The number of carboxylic acid groups (broad SMARTS) is 1. The summed E-state index contributed by atoms with van der Waals surface area (Å²) in [5.41, 5.74) is 3.24. The summed E-state index contributed by atoms with van der Waals surface area (Å²) in [5, 5.41) is 9.78. The molecule has 0 spiro atoms. The van der Waals surface area contributed by atoms with Gasteiger partial charge in [-0.25, -0.2) is 4.39 Å². The van der Waals surface area contributed by atoms with E-state index in [2.05, 4.69) is 4.98 Å². The van der Waals surface area contributed by atoms with Gasteiger partial charge in [0.05, 0.1) is 11.4 Å². The minimum atomic E-state index is -0.857. The number of benzene rings is 2. The monoisotopic (exact) mass is 295 g/mol. The summed E-state index contributed by atoms with van der Waals surface area (Å²) in [5.74, 6) is -1.72. The van der Waals surface area contributed by atoms with Crippen molar-refractivity contribution in [3.05, 3.63) is 66.1 Å². The van der Waals surface area contributed by atoms with Crippen LogP contribution in [0.2, 0.25) is 0 Å². The van der Waals surface area contributed by atoms with Crippen molar-refractivity contribution < 1.29 is 14.3 Å². The van der Waals surface area contributed by atoms with Gasteiger partial charge in [0.1, 0.15) is 5.82 Å². The Kier molecular flexibility index (Phi) is 3.59. The molecule has 0 fully saturated rings. The predicted molar refractivity (Wildman–Crippen MR) is 83.2 cm³/mol. The van der Waals surface area contributed by atoms with E-state index in [1.807, 2.05) is 18.2 Å². The standard InChI is InChI=1S/C18H14FNO2/c1-11(18(21)22)12-2-4-13(5-3-12)15-8-9-20-17-7-6-14(19)10-16(15)17/h2-11H,1H3,(H,21,22). The fourth-order valence-electron chi connectivity index (χ4n) is 2.46. The zero-order valence-electron chi connectivity index (χ0n) is 12.0. The Morgan fingerprint density at radius 3 is 2.55 bits per heavy atom. The number of aromatic nitrogens is 1. The smallest absolute Gasteiger partial charge is 0.310 e. The van der Waals surface area contributed by atoms with Crippen molar-refractivity contribution in [2.75, 3.05) is 0 Å². The largest absolute Gasteiger partial charge is 0.481 e. The Balaban J connectivity index is 2.08. The summed E-state index contributed by atoms with van der Waals surface area (Å²) >= 11 is 0. The molecule has 1 N–H and O–H groups in total. The van der Waals surface area contributed by atoms with Gasteiger partial charge in [0, 0.05) is 11.6 Å². The van der Waals surface area contributed by atoms with Crippen LogP contribution in [-0.4, -0.2) is 16.1 Å². The average molecular weight is 295 g/mol. The molecule has 0 aliphatic rings. The summed E-state index contributed by atoms with van der Waals surface area (Å²) < 4.78 is 13.5. The molecule has 0 aliphatic heterocycles. The highest BCUT2D eigenvalue weighted by molar-refractivity contribution is 5.94. The lowest BCUT2D eigenvalue weighted by Gasteiger charge is -2.10. The Labute approximate surface area is 127 Å². The van der Waals surface area contributed by atoms with Crippen molar-refractivity contribution in [2.24, 2.45) is 0 Å². The first kappa shape index (κ1) is 14.2. The lowest BCUT2D eigenvalue weighted by atomic mass is 9.96. The lowest BCUT2D eigenvalue weighted by molar-refractivity contribution is -0.138. The molecule has 0 radical (unpaired) electrons. The van der Waals surface area contributed by atoms with Crippen molar-refractivity contribution in [2.45, 2.75) is 12.8 Å². The topological polar surface area (TPSA) is 50.2 Å². The maximum Gasteiger partial charge on any atom is 0.310 e. The van der Waals surface area contributed by atoms with Gasteiger partial charge in [0.25, 0.3) is 0 Å². The van der Waals surface area contributed by atoms with E-state index in [-0.39, 0.29) is 5.82 Å². The number of carboxylic acids is 1. The number of carbonyl (C=O) groups is 1.